The molecule has 6 heteroatoms. The first kappa shape index (κ1) is 15.5. The summed E-state index contributed by atoms with van der Waals surface area (Å²) < 4.78 is 26.5. The summed E-state index contributed by atoms with van der Waals surface area (Å²) in [6, 6.07) is 2.82. The van der Waals surface area contributed by atoms with E-state index < -0.39 is 23.4 Å². The Bertz CT molecular complexity index is 669. The second-order valence-electron chi connectivity index (χ2n) is 7.73. The number of anilines is 1. The predicted molar refractivity (Wildman–Crippen MR) is 84.0 cm³/mol. The Morgan fingerprint density at radius 2 is 1.54 bits per heavy atom. The Morgan fingerprint density at radius 1 is 0.958 bits per heavy atom. The van der Waals surface area contributed by atoms with Crippen molar-refractivity contribution in [2.75, 3.05) is 5.32 Å². The van der Waals surface area contributed by atoms with Crippen LogP contribution in [0.2, 0.25) is 0 Å². The van der Waals surface area contributed by atoms with Crippen LogP contribution in [-0.4, -0.2) is 17.4 Å². The second-order valence-corrected chi connectivity index (χ2v) is 7.73. The van der Waals surface area contributed by atoms with Crippen molar-refractivity contribution in [3.8, 4) is 0 Å². The van der Waals surface area contributed by atoms with E-state index in [2.05, 4.69) is 10.6 Å². The average molecular weight is 334 g/mol. The molecule has 0 aromatic heterocycles. The Morgan fingerprint density at radius 3 is 2.08 bits per heavy atom. The maximum Gasteiger partial charge on any atom is 0.313 e. The maximum atomic E-state index is 13.6. The second kappa shape index (κ2) is 5.53. The van der Waals surface area contributed by atoms with Gasteiger partial charge in [0, 0.05) is 11.6 Å². The largest absolute Gasteiger partial charge is 0.342 e. The third-order valence-electron chi connectivity index (χ3n) is 5.80. The lowest BCUT2D eigenvalue weighted by atomic mass is 9.53. The van der Waals surface area contributed by atoms with Crippen molar-refractivity contribution in [2.24, 2.45) is 17.8 Å². The summed E-state index contributed by atoms with van der Waals surface area (Å²) in [6.07, 6.45) is 6.51. The third kappa shape index (κ3) is 2.78. The van der Waals surface area contributed by atoms with E-state index in [1.807, 2.05) is 0 Å². The van der Waals surface area contributed by atoms with Crippen molar-refractivity contribution in [3.63, 3.8) is 0 Å². The van der Waals surface area contributed by atoms with Crippen LogP contribution in [-0.2, 0) is 9.59 Å². The lowest BCUT2D eigenvalue weighted by Crippen LogP contribution is -2.61. The SMILES string of the molecule is O=C(Nc1ccc(F)cc1F)C(=O)NC12CC3CC(CC(C3)C1)C2. The number of hydrogen-bond donors (Lipinski definition) is 2. The third-order valence-corrected chi connectivity index (χ3v) is 5.80. The number of hydrogen-bond acceptors (Lipinski definition) is 2. The molecule has 2 N–H and O–H groups in total. The monoisotopic (exact) mass is 334 g/mol. The first-order valence-corrected chi connectivity index (χ1v) is 8.51. The molecule has 2 amide bonds. The molecule has 4 saturated carbocycles. The minimum atomic E-state index is -0.906. The van der Waals surface area contributed by atoms with E-state index in [4.69, 9.17) is 0 Å². The molecule has 0 aliphatic heterocycles. The van der Waals surface area contributed by atoms with Gasteiger partial charge in [0.1, 0.15) is 11.6 Å². The molecule has 128 valence electrons. The minimum absolute atomic E-state index is 0.193. The molecule has 0 heterocycles. The number of benzene rings is 1. The highest BCUT2D eigenvalue weighted by Crippen LogP contribution is 2.55. The standard InChI is InChI=1S/C18H20F2N2O2/c19-13-1-2-15(14(20)6-13)21-16(23)17(24)22-18-7-10-3-11(8-18)5-12(4-10)9-18/h1-2,6,10-12H,3-5,7-9H2,(H,21,23)(H,22,24). The van der Waals surface area contributed by atoms with Gasteiger partial charge in [0.05, 0.1) is 5.69 Å². The van der Waals surface area contributed by atoms with Gasteiger partial charge in [0.15, 0.2) is 0 Å². The van der Waals surface area contributed by atoms with Gasteiger partial charge < -0.3 is 10.6 Å². The van der Waals surface area contributed by atoms with Crippen molar-refractivity contribution in [1.82, 2.24) is 5.32 Å². The molecule has 4 fully saturated rings. The van der Waals surface area contributed by atoms with Crippen LogP contribution in [0.3, 0.4) is 0 Å². The van der Waals surface area contributed by atoms with E-state index in [-0.39, 0.29) is 11.2 Å². The number of amides is 2. The molecule has 0 atom stereocenters. The number of halogens is 2. The molecule has 4 bridgehead atoms. The summed E-state index contributed by atoms with van der Waals surface area (Å²) in [5, 5.41) is 5.16. The highest BCUT2D eigenvalue weighted by molar-refractivity contribution is 6.39. The number of carbonyl (C=O) groups excluding carboxylic acids is 2. The molecule has 5 rings (SSSR count). The quantitative estimate of drug-likeness (QED) is 0.817. The summed E-state index contributed by atoms with van der Waals surface area (Å²) in [4.78, 5) is 24.4. The average Bonchev–Trinajstić information content (AvgIpc) is 2.48. The van der Waals surface area contributed by atoms with Gasteiger partial charge in [-0.05, 0) is 68.4 Å². The van der Waals surface area contributed by atoms with Crippen LogP contribution in [0.4, 0.5) is 14.5 Å². The number of carbonyl (C=O) groups is 2. The van der Waals surface area contributed by atoms with Gasteiger partial charge in [-0.1, -0.05) is 0 Å². The smallest absolute Gasteiger partial charge is 0.313 e. The molecule has 0 unspecified atom stereocenters. The van der Waals surface area contributed by atoms with Crippen LogP contribution in [0.1, 0.15) is 38.5 Å². The Balaban J connectivity index is 1.43. The zero-order chi connectivity index (χ0) is 16.9. The van der Waals surface area contributed by atoms with Crippen LogP contribution < -0.4 is 10.6 Å². The van der Waals surface area contributed by atoms with Crippen molar-refractivity contribution >= 4 is 17.5 Å². The summed E-state index contributed by atoms with van der Waals surface area (Å²) in [7, 11) is 0. The zero-order valence-corrected chi connectivity index (χ0v) is 13.3. The fourth-order valence-corrected chi connectivity index (χ4v) is 5.33. The summed E-state index contributed by atoms with van der Waals surface area (Å²) in [5.74, 6) is -1.33. The van der Waals surface area contributed by atoms with E-state index in [0.29, 0.717) is 23.8 Å². The first-order valence-electron chi connectivity index (χ1n) is 8.51. The van der Waals surface area contributed by atoms with E-state index in [9.17, 15) is 18.4 Å². The first-order chi connectivity index (χ1) is 11.4. The molecular weight excluding hydrogens is 314 g/mol. The van der Waals surface area contributed by atoms with E-state index >= 15 is 0 Å². The molecule has 4 aliphatic rings. The molecule has 1 aromatic rings. The normalized spacial score (nSPS) is 33.3. The van der Waals surface area contributed by atoms with Crippen LogP contribution in [0.15, 0.2) is 18.2 Å². The minimum Gasteiger partial charge on any atom is -0.342 e. The Kier molecular flexibility index (Phi) is 3.58. The summed E-state index contributed by atoms with van der Waals surface area (Å²) in [5.41, 5.74) is -0.466. The predicted octanol–water partition coefficient (Wildman–Crippen LogP) is 2.99. The molecule has 0 spiro atoms. The van der Waals surface area contributed by atoms with Gasteiger partial charge in [-0.3, -0.25) is 9.59 Å². The van der Waals surface area contributed by atoms with Crippen LogP contribution in [0, 0.1) is 29.4 Å². The van der Waals surface area contributed by atoms with E-state index in [0.717, 1.165) is 31.4 Å². The van der Waals surface area contributed by atoms with E-state index in [1.54, 1.807) is 0 Å². The molecule has 24 heavy (non-hydrogen) atoms. The fraction of sp³-hybridized carbons (Fsp3) is 0.556. The van der Waals surface area contributed by atoms with Crippen LogP contribution >= 0.6 is 0 Å². The van der Waals surface area contributed by atoms with Crippen LogP contribution in [0.5, 0.6) is 0 Å². The van der Waals surface area contributed by atoms with Gasteiger partial charge >= 0.3 is 11.8 Å². The van der Waals surface area contributed by atoms with Gasteiger partial charge in [0.2, 0.25) is 0 Å². The van der Waals surface area contributed by atoms with Crippen molar-refractivity contribution < 1.29 is 18.4 Å². The highest BCUT2D eigenvalue weighted by atomic mass is 19.1. The molecule has 0 saturated heterocycles. The van der Waals surface area contributed by atoms with Gasteiger partial charge in [-0.2, -0.15) is 0 Å². The topological polar surface area (TPSA) is 58.2 Å². The molecule has 4 aliphatic carbocycles. The van der Waals surface area contributed by atoms with E-state index in [1.165, 1.54) is 19.3 Å². The lowest BCUT2D eigenvalue weighted by Gasteiger charge is -2.56. The van der Waals surface area contributed by atoms with Crippen molar-refractivity contribution in [3.05, 3.63) is 29.8 Å². The number of nitrogens with one attached hydrogen (secondary N) is 2. The fourth-order valence-electron chi connectivity index (χ4n) is 5.33. The maximum absolute atomic E-state index is 13.6. The summed E-state index contributed by atoms with van der Waals surface area (Å²) >= 11 is 0. The number of rotatable bonds is 2. The van der Waals surface area contributed by atoms with Crippen molar-refractivity contribution in [1.29, 1.82) is 0 Å². The lowest BCUT2D eigenvalue weighted by molar-refractivity contribution is -0.139. The van der Waals surface area contributed by atoms with Crippen LogP contribution in [0.25, 0.3) is 0 Å². The Hall–Kier alpha value is -1.98. The molecule has 0 radical (unpaired) electrons. The zero-order valence-electron chi connectivity index (χ0n) is 13.3. The summed E-state index contributed by atoms with van der Waals surface area (Å²) in [6.45, 7) is 0. The Labute approximate surface area is 139 Å². The molecular formula is C18H20F2N2O2. The van der Waals surface area contributed by atoms with Gasteiger partial charge in [0.25, 0.3) is 0 Å². The van der Waals surface area contributed by atoms with Gasteiger partial charge in [-0.25, -0.2) is 8.78 Å². The molecule has 1 aromatic carbocycles. The van der Waals surface area contributed by atoms with Gasteiger partial charge in [-0.15, -0.1) is 0 Å². The molecule has 4 nitrogen and oxygen atoms in total. The van der Waals surface area contributed by atoms with Crippen molar-refractivity contribution in [2.45, 2.75) is 44.1 Å². The highest BCUT2D eigenvalue weighted by Gasteiger charge is 2.51.